The minimum atomic E-state index is 0.133. The number of carbonyl (C=O) groups is 1. The molecule has 4 nitrogen and oxygen atoms in total. The van der Waals surface area contributed by atoms with Gasteiger partial charge in [-0.3, -0.25) is 10.2 Å². The normalized spacial score (nSPS) is 23.1. The van der Waals surface area contributed by atoms with E-state index in [1.807, 2.05) is 14.1 Å². The Hall–Kier alpha value is -0.610. The smallest absolute Gasteiger partial charge is 0.234 e. The van der Waals surface area contributed by atoms with Gasteiger partial charge in [0.05, 0.1) is 0 Å². The SMILES string of the molecule is CN1CCCC(CCC(=O)NN(C)C)C1. The fraction of sp³-hybridized carbons (Fsp3) is 0.909. The third-order valence-electron chi connectivity index (χ3n) is 2.85. The van der Waals surface area contributed by atoms with Crippen molar-refractivity contribution in [3.8, 4) is 0 Å². The Bertz CT molecular complexity index is 206. The first kappa shape index (κ1) is 12.5. The Kier molecular flexibility index (Phi) is 5.05. The van der Waals surface area contributed by atoms with Gasteiger partial charge in [-0.25, -0.2) is 5.01 Å². The van der Waals surface area contributed by atoms with E-state index in [0.29, 0.717) is 12.3 Å². The lowest BCUT2D eigenvalue weighted by Crippen LogP contribution is -2.37. The van der Waals surface area contributed by atoms with Crippen LogP contribution in [0, 0.1) is 5.92 Å². The van der Waals surface area contributed by atoms with Crippen molar-refractivity contribution in [3.05, 3.63) is 0 Å². The van der Waals surface area contributed by atoms with Crippen molar-refractivity contribution in [1.82, 2.24) is 15.3 Å². The van der Waals surface area contributed by atoms with Gasteiger partial charge in [0.1, 0.15) is 0 Å². The second-order valence-corrected chi connectivity index (χ2v) is 4.74. The van der Waals surface area contributed by atoms with E-state index in [1.165, 1.54) is 19.4 Å². The van der Waals surface area contributed by atoms with Gasteiger partial charge >= 0.3 is 0 Å². The van der Waals surface area contributed by atoms with Crippen molar-refractivity contribution in [3.63, 3.8) is 0 Å². The van der Waals surface area contributed by atoms with Crippen LogP contribution in [0.2, 0.25) is 0 Å². The Morgan fingerprint density at radius 1 is 1.53 bits per heavy atom. The molecular weight excluding hydrogens is 190 g/mol. The highest BCUT2D eigenvalue weighted by Crippen LogP contribution is 2.19. The minimum absolute atomic E-state index is 0.133. The second-order valence-electron chi connectivity index (χ2n) is 4.74. The maximum Gasteiger partial charge on any atom is 0.234 e. The van der Waals surface area contributed by atoms with E-state index in [1.54, 1.807) is 5.01 Å². The maximum absolute atomic E-state index is 11.4. The maximum atomic E-state index is 11.4. The van der Waals surface area contributed by atoms with Gasteiger partial charge in [0.2, 0.25) is 5.91 Å². The molecule has 0 spiro atoms. The third-order valence-corrected chi connectivity index (χ3v) is 2.85. The number of hydrazine groups is 1. The number of piperidine rings is 1. The molecule has 0 radical (unpaired) electrons. The summed E-state index contributed by atoms with van der Waals surface area (Å²) in [6, 6.07) is 0. The molecule has 1 amide bonds. The zero-order chi connectivity index (χ0) is 11.3. The number of nitrogens with zero attached hydrogens (tertiary/aromatic N) is 2. The average Bonchev–Trinajstić information content (AvgIpc) is 2.14. The first-order valence-corrected chi connectivity index (χ1v) is 5.73. The van der Waals surface area contributed by atoms with Crippen LogP contribution >= 0.6 is 0 Å². The van der Waals surface area contributed by atoms with Crippen LogP contribution < -0.4 is 5.43 Å². The van der Waals surface area contributed by atoms with Gasteiger partial charge in [-0.15, -0.1) is 0 Å². The lowest BCUT2D eigenvalue weighted by atomic mass is 9.94. The third kappa shape index (κ3) is 5.14. The summed E-state index contributed by atoms with van der Waals surface area (Å²) < 4.78 is 0. The monoisotopic (exact) mass is 213 g/mol. The van der Waals surface area contributed by atoms with Gasteiger partial charge in [-0.05, 0) is 38.8 Å². The van der Waals surface area contributed by atoms with Crippen LogP contribution in [0.3, 0.4) is 0 Å². The van der Waals surface area contributed by atoms with E-state index in [2.05, 4.69) is 17.4 Å². The van der Waals surface area contributed by atoms with Gasteiger partial charge in [-0.1, -0.05) is 0 Å². The van der Waals surface area contributed by atoms with Crippen molar-refractivity contribution in [1.29, 1.82) is 0 Å². The molecule has 4 heteroatoms. The highest BCUT2D eigenvalue weighted by molar-refractivity contribution is 5.75. The zero-order valence-corrected chi connectivity index (χ0v) is 10.1. The molecule has 0 aromatic rings. The van der Waals surface area contributed by atoms with Gasteiger partial charge in [0.15, 0.2) is 0 Å². The first-order valence-electron chi connectivity index (χ1n) is 5.73. The molecular formula is C11H23N3O. The molecule has 0 aromatic carbocycles. The van der Waals surface area contributed by atoms with Crippen LogP contribution in [0.25, 0.3) is 0 Å². The van der Waals surface area contributed by atoms with Crippen molar-refractivity contribution < 1.29 is 4.79 Å². The fourth-order valence-electron chi connectivity index (χ4n) is 2.15. The average molecular weight is 213 g/mol. The molecule has 1 heterocycles. The summed E-state index contributed by atoms with van der Waals surface area (Å²) in [6.07, 6.45) is 4.22. The van der Waals surface area contributed by atoms with Crippen LogP contribution in [0.5, 0.6) is 0 Å². The van der Waals surface area contributed by atoms with Crippen LogP contribution in [0.15, 0.2) is 0 Å². The number of likely N-dealkylation sites (tertiary alicyclic amines) is 1. The van der Waals surface area contributed by atoms with Crippen LogP contribution in [-0.4, -0.2) is 50.0 Å². The molecule has 0 saturated carbocycles. The van der Waals surface area contributed by atoms with E-state index >= 15 is 0 Å². The molecule has 0 aromatic heterocycles. The van der Waals surface area contributed by atoms with E-state index < -0.39 is 0 Å². The van der Waals surface area contributed by atoms with E-state index in [0.717, 1.165) is 13.0 Å². The summed E-state index contributed by atoms with van der Waals surface area (Å²) in [7, 11) is 5.84. The van der Waals surface area contributed by atoms with Crippen LogP contribution in [0.1, 0.15) is 25.7 Å². The molecule has 1 rings (SSSR count). The quantitative estimate of drug-likeness (QED) is 0.698. The Balaban J connectivity index is 2.16. The highest BCUT2D eigenvalue weighted by atomic mass is 16.2. The van der Waals surface area contributed by atoms with Gasteiger partial charge in [0.25, 0.3) is 0 Å². The largest absolute Gasteiger partial charge is 0.306 e. The van der Waals surface area contributed by atoms with Crippen molar-refractivity contribution in [2.45, 2.75) is 25.7 Å². The number of amides is 1. The number of hydrogen-bond acceptors (Lipinski definition) is 3. The van der Waals surface area contributed by atoms with Gasteiger partial charge < -0.3 is 4.90 Å². The fourth-order valence-corrected chi connectivity index (χ4v) is 2.15. The molecule has 1 aliphatic rings. The predicted octanol–water partition coefficient (Wildman–Crippen LogP) is 0.701. The summed E-state index contributed by atoms with van der Waals surface area (Å²) >= 11 is 0. The summed E-state index contributed by atoms with van der Waals surface area (Å²) in [5, 5.41) is 1.70. The van der Waals surface area contributed by atoms with Gasteiger partial charge in [0, 0.05) is 27.1 Å². The van der Waals surface area contributed by atoms with Crippen molar-refractivity contribution in [2.75, 3.05) is 34.2 Å². The summed E-state index contributed by atoms with van der Waals surface area (Å²) in [4.78, 5) is 13.8. The Labute approximate surface area is 92.6 Å². The minimum Gasteiger partial charge on any atom is -0.306 e. The molecule has 1 fully saturated rings. The molecule has 1 unspecified atom stereocenters. The van der Waals surface area contributed by atoms with Crippen LogP contribution in [-0.2, 0) is 4.79 Å². The Morgan fingerprint density at radius 3 is 2.87 bits per heavy atom. The topological polar surface area (TPSA) is 35.6 Å². The molecule has 1 atom stereocenters. The van der Waals surface area contributed by atoms with E-state index in [-0.39, 0.29) is 5.91 Å². The Morgan fingerprint density at radius 2 is 2.27 bits per heavy atom. The molecule has 15 heavy (non-hydrogen) atoms. The first-order chi connectivity index (χ1) is 7.08. The number of hydrogen-bond donors (Lipinski definition) is 1. The van der Waals surface area contributed by atoms with E-state index in [4.69, 9.17) is 0 Å². The number of rotatable bonds is 4. The summed E-state index contributed by atoms with van der Waals surface area (Å²) in [6.45, 7) is 2.36. The predicted molar refractivity (Wildman–Crippen MR) is 61.3 cm³/mol. The molecule has 0 aliphatic carbocycles. The molecule has 1 saturated heterocycles. The highest BCUT2D eigenvalue weighted by Gasteiger charge is 2.17. The number of carbonyl (C=O) groups excluding carboxylic acids is 1. The van der Waals surface area contributed by atoms with E-state index in [9.17, 15) is 4.79 Å². The lowest BCUT2D eigenvalue weighted by Gasteiger charge is -2.29. The lowest BCUT2D eigenvalue weighted by molar-refractivity contribution is -0.125. The number of nitrogens with one attached hydrogen (secondary N) is 1. The summed E-state index contributed by atoms with van der Waals surface area (Å²) in [5.74, 6) is 0.838. The summed E-state index contributed by atoms with van der Waals surface area (Å²) in [5.41, 5.74) is 2.77. The molecule has 0 bridgehead atoms. The second kappa shape index (κ2) is 6.08. The van der Waals surface area contributed by atoms with Crippen LogP contribution in [0.4, 0.5) is 0 Å². The zero-order valence-electron chi connectivity index (χ0n) is 10.1. The molecule has 1 aliphatic heterocycles. The molecule has 1 N–H and O–H groups in total. The van der Waals surface area contributed by atoms with Crippen molar-refractivity contribution in [2.24, 2.45) is 5.92 Å². The van der Waals surface area contributed by atoms with Crippen molar-refractivity contribution >= 4 is 5.91 Å². The van der Waals surface area contributed by atoms with Gasteiger partial charge in [-0.2, -0.15) is 0 Å². The standard InChI is InChI=1S/C11H23N3O/c1-13(2)12-11(15)7-6-10-5-4-8-14(3)9-10/h10H,4-9H2,1-3H3,(H,12,15). The molecule has 88 valence electrons.